The Balaban J connectivity index is 1.54. The molecule has 4 aromatic rings. The van der Waals surface area contributed by atoms with Gasteiger partial charge < -0.3 is 10.1 Å². The lowest BCUT2D eigenvalue weighted by Crippen LogP contribution is -2.01. The molecule has 1 aliphatic rings. The normalized spacial score (nSPS) is 13.3. The highest BCUT2D eigenvalue weighted by Crippen LogP contribution is 2.40. The van der Waals surface area contributed by atoms with Gasteiger partial charge in [-0.2, -0.15) is 0 Å². The number of benzene rings is 2. The second-order valence-corrected chi connectivity index (χ2v) is 7.73. The van der Waals surface area contributed by atoms with Crippen molar-refractivity contribution in [3.05, 3.63) is 71.4 Å². The van der Waals surface area contributed by atoms with Crippen LogP contribution in [0.1, 0.15) is 23.3 Å². The number of hydrogen-bond acceptors (Lipinski definition) is 5. The molecule has 1 N–H and O–H groups in total. The van der Waals surface area contributed by atoms with Crippen LogP contribution in [0.25, 0.3) is 10.2 Å². The zero-order valence-corrected chi connectivity index (χ0v) is 15.6. The molecule has 0 amide bonds. The van der Waals surface area contributed by atoms with Crippen LogP contribution in [0.2, 0.25) is 0 Å². The van der Waals surface area contributed by atoms with Gasteiger partial charge in [0.1, 0.15) is 22.7 Å². The van der Waals surface area contributed by atoms with Crippen LogP contribution in [0.15, 0.2) is 60.9 Å². The average Bonchev–Trinajstić information content (AvgIpc) is 3.10. The van der Waals surface area contributed by atoms with E-state index in [1.54, 1.807) is 6.33 Å². The number of anilines is 2. The maximum absolute atomic E-state index is 6.08. The molecule has 0 aliphatic heterocycles. The predicted molar refractivity (Wildman–Crippen MR) is 110 cm³/mol. The van der Waals surface area contributed by atoms with Gasteiger partial charge in [0.2, 0.25) is 0 Å². The smallest absolute Gasteiger partial charge is 0.150 e. The quantitative estimate of drug-likeness (QED) is 0.469. The van der Waals surface area contributed by atoms with Gasteiger partial charge in [-0.3, -0.25) is 0 Å². The van der Waals surface area contributed by atoms with Crippen LogP contribution in [0.3, 0.4) is 0 Å². The van der Waals surface area contributed by atoms with Crippen LogP contribution in [0.5, 0.6) is 11.5 Å². The molecule has 0 bridgehead atoms. The van der Waals surface area contributed by atoms with E-state index in [1.165, 1.54) is 28.7 Å². The molecule has 5 rings (SSSR count). The molecular formula is C22H19N3OS. The van der Waals surface area contributed by atoms with E-state index in [0.29, 0.717) is 0 Å². The van der Waals surface area contributed by atoms with Gasteiger partial charge in [0.05, 0.1) is 11.1 Å². The van der Waals surface area contributed by atoms with E-state index < -0.39 is 0 Å². The molecule has 0 unspecified atom stereocenters. The number of rotatable bonds is 4. The maximum Gasteiger partial charge on any atom is 0.150 e. The number of aromatic nitrogens is 2. The lowest BCUT2D eigenvalue weighted by atomic mass is 9.97. The van der Waals surface area contributed by atoms with Crippen LogP contribution >= 0.6 is 11.3 Å². The lowest BCUT2D eigenvalue weighted by molar-refractivity contribution is 0.485. The van der Waals surface area contributed by atoms with Crippen molar-refractivity contribution in [2.75, 3.05) is 5.32 Å². The van der Waals surface area contributed by atoms with E-state index >= 15 is 0 Å². The molecule has 2 heterocycles. The van der Waals surface area contributed by atoms with Gasteiger partial charge in [0.15, 0.2) is 5.75 Å². The van der Waals surface area contributed by atoms with Gasteiger partial charge in [-0.25, -0.2) is 9.97 Å². The van der Waals surface area contributed by atoms with Crippen molar-refractivity contribution in [2.24, 2.45) is 0 Å². The Kier molecular flexibility index (Phi) is 4.22. The van der Waals surface area contributed by atoms with Crippen molar-refractivity contribution < 1.29 is 4.74 Å². The molecule has 0 fully saturated rings. The minimum Gasteiger partial charge on any atom is -0.455 e. The molecule has 27 heavy (non-hydrogen) atoms. The summed E-state index contributed by atoms with van der Waals surface area (Å²) >= 11 is 1.81. The fourth-order valence-electron chi connectivity index (χ4n) is 3.59. The van der Waals surface area contributed by atoms with E-state index in [9.17, 15) is 0 Å². The summed E-state index contributed by atoms with van der Waals surface area (Å²) in [6.07, 6.45) is 6.42. The third kappa shape index (κ3) is 3.15. The predicted octanol–water partition coefficient (Wildman–Crippen LogP) is 6.11. The van der Waals surface area contributed by atoms with E-state index in [2.05, 4.69) is 15.3 Å². The van der Waals surface area contributed by atoms with E-state index in [-0.39, 0.29) is 0 Å². The average molecular weight is 373 g/mol. The number of ether oxygens (including phenoxy) is 1. The molecule has 0 saturated carbocycles. The maximum atomic E-state index is 6.08. The topological polar surface area (TPSA) is 47.0 Å². The molecule has 5 heteroatoms. The Morgan fingerprint density at radius 2 is 1.70 bits per heavy atom. The van der Waals surface area contributed by atoms with Crippen molar-refractivity contribution in [3.63, 3.8) is 0 Å². The second-order valence-electron chi connectivity index (χ2n) is 6.65. The second kappa shape index (κ2) is 7.00. The van der Waals surface area contributed by atoms with Crippen LogP contribution in [0, 0.1) is 0 Å². The molecule has 2 aromatic heterocycles. The van der Waals surface area contributed by atoms with Gasteiger partial charge in [-0.05, 0) is 55.5 Å². The zero-order valence-electron chi connectivity index (χ0n) is 14.8. The summed E-state index contributed by atoms with van der Waals surface area (Å²) in [6.45, 7) is 0. The van der Waals surface area contributed by atoms with Crippen molar-refractivity contribution >= 4 is 33.1 Å². The van der Waals surface area contributed by atoms with Gasteiger partial charge >= 0.3 is 0 Å². The number of hydrogen-bond donors (Lipinski definition) is 1. The lowest BCUT2D eigenvalue weighted by Gasteiger charge is -2.15. The molecule has 0 atom stereocenters. The van der Waals surface area contributed by atoms with Crippen molar-refractivity contribution in [3.8, 4) is 11.5 Å². The number of aryl methyl sites for hydroxylation is 2. The van der Waals surface area contributed by atoms with Gasteiger partial charge in [0, 0.05) is 4.88 Å². The van der Waals surface area contributed by atoms with E-state index in [1.807, 2.05) is 65.9 Å². The molecule has 134 valence electrons. The molecule has 4 nitrogen and oxygen atoms in total. The number of para-hydroxylation sites is 3. The van der Waals surface area contributed by atoms with Crippen LogP contribution in [-0.4, -0.2) is 9.97 Å². The zero-order chi connectivity index (χ0) is 18.1. The van der Waals surface area contributed by atoms with Crippen LogP contribution in [0.4, 0.5) is 11.5 Å². The van der Waals surface area contributed by atoms with Crippen LogP contribution < -0.4 is 10.1 Å². The minimum atomic E-state index is 0.777. The Hall–Kier alpha value is -2.92. The third-order valence-corrected chi connectivity index (χ3v) is 6.06. The van der Waals surface area contributed by atoms with Gasteiger partial charge in [-0.15, -0.1) is 11.3 Å². The Bertz CT molecular complexity index is 1090. The van der Waals surface area contributed by atoms with Gasteiger partial charge in [0.25, 0.3) is 0 Å². The third-order valence-electron chi connectivity index (χ3n) is 4.86. The first-order valence-corrected chi connectivity index (χ1v) is 10.0. The van der Waals surface area contributed by atoms with E-state index in [4.69, 9.17) is 4.74 Å². The van der Waals surface area contributed by atoms with E-state index in [0.717, 1.165) is 40.7 Å². The molecule has 0 spiro atoms. The van der Waals surface area contributed by atoms with Crippen molar-refractivity contribution in [2.45, 2.75) is 25.7 Å². The number of nitrogens with one attached hydrogen (secondary N) is 1. The first-order chi connectivity index (χ1) is 13.4. The highest BCUT2D eigenvalue weighted by atomic mass is 32.1. The summed E-state index contributed by atoms with van der Waals surface area (Å²) in [6, 6.07) is 17.8. The van der Waals surface area contributed by atoms with Gasteiger partial charge in [-0.1, -0.05) is 30.3 Å². The first kappa shape index (κ1) is 16.3. The first-order valence-electron chi connectivity index (χ1n) is 9.23. The summed E-state index contributed by atoms with van der Waals surface area (Å²) in [5.41, 5.74) is 2.32. The number of nitrogens with zero attached hydrogens (tertiary/aromatic N) is 2. The number of thiophene rings is 1. The summed E-state index contributed by atoms with van der Waals surface area (Å²) < 4.78 is 6.08. The fraction of sp³-hybridized carbons (Fsp3) is 0.182. The summed E-state index contributed by atoms with van der Waals surface area (Å²) in [5.74, 6) is 2.45. The Morgan fingerprint density at radius 1 is 0.889 bits per heavy atom. The molecule has 1 aliphatic carbocycles. The summed E-state index contributed by atoms with van der Waals surface area (Å²) in [5, 5.41) is 4.68. The highest BCUT2D eigenvalue weighted by Gasteiger charge is 2.20. The SMILES string of the molecule is c1ccc(Oc2ccccc2Nc2ncnc3sc4c(c23)CCCC4)cc1. The van der Waals surface area contributed by atoms with Crippen molar-refractivity contribution in [1.82, 2.24) is 9.97 Å². The highest BCUT2D eigenvalue weighted by molar-refractivity contribution is 7.19. The molecule has 0 radical (unpaired) electrons. The Labute approximate surface area is 161 Å². The number of fused-ring (bicyclic) bond motifs is 3. The van der Waals surface area contributed by atoms with Crippen molar-refractivity contribution in [1.29, 1.82) is 0 Å². The molecule has 0 saturated heterocycles. The standard InChI is InChI=1S/C22H19N3OS/c1-2-8-15(9-3-1)26-18-12-6-5-11-17(18)25-21-20-16-10-4-7-13-19(16)27-22(20)24-14-23-21/h1-3,5-6,8-9,11-12,14H,4,7,10,13H2,(H,23,24,25). The molecular weight excluding hydrogens is 354 g/mol. The largest absolute Gasteiger partial charge is 0.455 e. The molecule has 2 aromatic carbocycles. The summed E-state index contributed by atoms with van der Waals surface area (Å²) in [7, 11) is 0. The minimum absolute atomic E-state index is 0.777. The fourth-order valence-corrected chi connectivity index (χ4v) is 4.82. The monoisotopic (exact) mass is 373 g/mol. The summed E-state index contributed by atoms with van der Waals surface area (Å²) in [4.78, 5) is 11.6. The van der Waals surface area contributed by atoms with Crippen LogP contribution in [-0.2, 0) is 12.8 Å². The Morgan fingerprint density at radius 3 is 2.63 bits per heavy atom.